The standard InChI is InChI=1S/C34H27N3O7S/c1-4-43-33(39)29-30(21-9-6-5-7-10-21)35-34-36(31(29)22-11-8-12-24(18-22)42-3)32(38)28(45-34)19-25-14-16-27(44-25)26-15-13-23(37(40)41)17-20(26)2/h5-19,31H,4H2,1-3H3/b28-19-/t31-/m0/s1. The van der Waals surface area contributed by atoms with Gasteiger partial charge in [-0.15, -0.1) is 0 Å². The van der Waals surface area contributed by atoms with Crippen molar-refractivity contribution in [2.45, 2.75) is 19.9 Å². The van der Waals surface area contributed by atoms with E-state index >= 15 is 0 Å². The molecule has 45 heavy (non-hydrogen) atoms. The van der Waals surface area contributed by atoms with Crippen LogP contribution in [-0.4, -0.2) is 29.2 Å². The molecule has 5 aromatic rings. The van der Waals surface area contributed by atoms with Crippen LogP contribution < -0.4 is 19.6 Å². The summed E-state index contributed by atoms with van der Waals surface area (Å²) in [5.74, 6) is 0.919. The molecule has 0 amide bonds. The lowest BCUT2D eigenvalue weighted by molar-refractivity contribution is -0.384. The first-order valence-electron chi connectivity index (χ1n) is 14.1. The molecule has 10 nitrogen and oxygen atoms in total. The molecule has 0 radical (unpaired) electrons. The van der Waals surface area contributed by atoms with E-state index < -0.39 is 16.9 Å². The maximum absolute atomic E-state index is 14.1. The zero-order chi connectivity index (χ0) is 31.7. The molecule has 0 bridgehead atoms. The number of carbonyl (C=O) groups is 1. The van der Waals surface area contributed by atoms with Crippen LogP contribution in [0.25, 0.3) is 23.1 Å². The molecule has 1 aliphatic rings. The number of aryl methyl sites for hydroxylation is 1. The zero-order valence-electron chi connectivity index (χ0n) is 24.6. The Balaban J connectivity index is 1.54. The van der Waals surface area contributed by atoms with Crippen molar-refractivity contribution in [1.82, 2.24) is 4.57 Å². The molecule has 0 aliphatic carbocycles. The third-order valence-corrected chi connectivity index (χ3v) is 8.35. The maximum Gasteiger partial charge on any atom is 0.338 e. The molecule has 0 N–H and O–H groups in total. The smallest absolute Gasteiger partial charge is 0.338 e. The number of methoxy groups -OCH3 is 1. The monoisotopic (exact) mass is 621 g/mol. The normalized spacial score (nSPS) is 14.6. The molecule has 0 saturated carbocycles. The van der Waals surface area contributed by atoms with E-state index in [1.807, 2.05) is 36.4 Å². The van der Waals surface area contributed by atoms with Crippen molar-refractivity contribution >= 4 is 34.8 Å². The quantitative estimate of drug-likeness (QED) is 0.129. The van der Waals surface area contributed by atoms with Gasteiger partial charge in [0.1, 0.15) is 17.3 Å². The number of nitrogens with zero attached hydrogens (tertiary/aromatic N) is 3. The number of nitro groups is 1. The lowest BCUT2D eigenvalue weighted by Crippen LogP contribution is -2.40. The van der Waals surface area contributed by atoms with Gasteiger partial charge in [-0.3, -0.25) is 19.5 Å². The molecule has 0 unspecified atom stereocenters. The summed E-state index contributed by atoms with van der Waals surface area (Å²) < 4.78 is 18.9. The van der Waals surface area contributed by atoms with Gasteiger partial charge in [0.05, 0.1) is 40.5 Å². The van der Waals surface area contributed by atoms with Crippen molar-refractivity contribution in [3.8, 4) is 17.1 Å². The number of carbonyl (C=O) groups excluding carboxylic acids is 1. The zero-order valence-corrected chi connectivity index (χ0v) is 25.4. The predicted octanol–water partition coefficient (Wildman–Crippen LogP) is 5.42. The number of esters is 1. The number of benzene rings is 3. The summed E-state index contributed by atoms with van der Waals surface area (Å²) in [5, 5.41) is 11.2. The molecular weight excluding hydrogens is 594 g/mol. The Kier molecular flexibility index (Phi) is 8.01. The molecule has 0 saturated heterocycles. The number of furan rings is 1. The number of non-ortho nitro benzene ring substituents is 1. The van der Waals surface area contributed by atoms with E-state index in [9.17, 15) is 19.7 Å². The molecule has 2 aromatic heterocycles. The second-order valence-electron chi connectivity index (χ2n) is 10.2. The topological polar surface area (TPSA) is 126 Å². The summed E-state index contributed by atoms with van der Waals surface area (Å²) in [6.07, 6.45) is 1.63. The van der Waals surface area contributed by atoms with Crippen LogP contribution in [0.5, 0.6) is 5.75 Å². The van der Waals surface area contributed by atoms with Crippen molar-refractivity contribution in [3.05, 3.63) is 143 Å². The van der Waals surface area contributed by atoms with Crippen molar-refractivity contribution in [1.29, 1.82) is 0 Å². The second-order valence-corrected chi connectivity index (χ2v) is 11.2. The second kappa shape index (κ2) is 12.2. The summed E-state index contributed by atoms with van der Waals surface area (Å²) in [7, 11) is 1.55. The molecule has 3 heterocycles. The molecular formula is C34H27N3O7S. The van der Waals surface area contributed by atoms with E-state index in [2.05, 4.69) is 0 Å². The molecule has 6 rings (SSSR count). The van der Waals surface area contributed by atoms with E-state index in [1.54, 1.807) is 63.4 Å². The Morgan fingerprint density at radius 3 is 2.60 bits per heavy atom. The van der Waals surface area contributed by atoms with Gasteiger partial charge in [0.25, 0.3) is 11.2 Å². The number of rotatable bonds is 8. The first-order valence-corrected chi connectivity index (χ1v) is 14.9. The summed E-state index contributed by atoms with van der Waals surface area (Å²) in [4.78, 5) is 43.7. The summed E-state index contributed by atoms with van der Waals surface area (Å²) in [6.45, 7) is 3.65. The fourth-order valence-electron chi connectivity index (χ4n) is 5.31. The Morgan fingerprint density at radius 1 is 1.09 bits per heavy atom. The van der Waals surface area contributed by atoms with E-state index in [0.29, 0.717) is 54.6 Å². The average molecular weight is 622 g/mol. The largest absolute Gasteiger partial charge is 0.497 e. The van der Waals surface area contributed by atoms with Gasteiger partial charge in [-0.1, -0.05) is 53.8 Å². The van der Waals surface area contributed by atoms with Crippen LogP contribution in [-0.2, 0) is 9.53 Å². The highest BCUT2D eigenvalue weighted by Crippen LogP contribution is 2.36. The van der Waals surface area contributed by atoms with Crippen LogP contribution in [0.1, 0.15) is 35.4 Å². The highest BCUT2D eigenvalue weighted by Gasteiger charge is 2.35. The van der Waals surface area contributed by atoms with E-state index in [-0.39, 0.29) is 23.4 Å². The van der Waals surface area contributed by atoms with Gasteiger partial charge in [0.2, 0.25) is 0 Å². The minimum Gasteiger partial charge on any atom is -0.497 e. The first-order chi connectivity index (χ1) is 21.8. The third-order valence-electron chi connectivity index (χ3n) is 7.37. The fraction of sp³-hybridized carbons (Fsp3) is 0.147. The van der Waals surface area contributed by atoms with Gasteiger partial charge >= 0.3 is 5.97 Å². The Labute approximate surface area is 261 Å². The molecule has 11 heteroatoms. The number of fused-ring (bicyclic) bond motifs is 1. The molecule has 3 aromatic carbocycles. The number of aromatic nitrogens is 1. The number of hydrogen-bond donors (Lipinski definition) is 0. The Hall–Kier alpha value is -5.55. The van der Waals surface area contributed by atoms with Gasteiger partial charge < -0.3 is 13.9 Å². The molecule has 226 valence electrons. The van der Waals surface area contributed by atoms with Crippen molar-refractivity contribution in [3.63, 3.8) is 0 Å². The number of thiazole rings is 1. The van der Waals surface area contributed by atoms with Crippen LogP contribution >= 0.6 is 11.3 Å². The highest BCUT2D eigenvalue weighted by atomic mass is 32.1. The third kappa shape index (κ3) is 5.61. The van der Waals surface area contributed by atoms with E-state index in [1.165, 1.54) is 28.0 Å². The minimum atomic E-state index is -0.845. The van der Waals surface area contributed by atoms with E-state index in [0.717, 1.165) is 0 Å². The highest BCUT2D eigenvalue weighted by molar-refractivity contribution is 7.07. The lowest BCUT2D eigenvalue weighted by Gasteiger charge is -2.26. The molecule has 0 spiro atoms. The number of hydrogen-bond acceptors (Lipinski definition) is 9. The fourth-order valence-corrected chi connectivity index (χ4v) is 6.29. The first kappa shape index (κ1) is 29.5. The average Bonchev–Trinajstić information content (AvgIpc) is 3.64. The summed E-state index contributed by atoms with van der Waals surface area (Å²) in [5.41, 5.74) is 3.04. The van der Waals surface area contributed by atoms with Gasteiger partial charge in [0, 0.05) is 29.3 Å². The molecule has 1 aliphatic heterocycles. The Bertz CT molecular complexity index is 2160. The van der Waals surface area contributed by atoms with Gasteiger partial charge in [-0.25, -0.2) is 9.79 Å². The van der Waals surface area contributed by atoms with Crippen molar-refractivity contribution < 1.29 is 23.6 Å². The minimum absolute atomic E-state index is 0.00760. The van der Waals surface area contributed by atoms with Crippen LogP contribution in [0.15, 0.2) is 105 Å². The molecule has 0 fully saturated rings. The van der Waals surface area contributed by atoms with Crippen LogP contribution in [0.3, 0.4) is 0 Å². The van der Waals surface area contributed by atoms with Crippen molar-refractivity contribution in [2.75, 3.05) is 13.7 Å². The summed E-state index contributed by atoms with van der Waals surface area (Å²) in [6, 6.07) is 23.7. The van der Waals surface area contributed by atoms with Crippen LogP contribution in [0.2, 0.25) is 0 Å². The SMILES string of the molecule is CCOC(=O)C1=C(c2ccccc2)N=c2s/c(=C\c3ccc(-c4ccc([N+](=O)[O-])cc4C)o3)c(=O)n2[C@H]1c1cccc(OC)c1. The lowest BCUT2D eigenvalue weighted by atomic mass is 9.93. The molecule has 1 atom stereocenters. The van der Waals surface area contributed by atoms with E-state index in [4.69, 9.17) is 18.9 Å². The van der Waals surface area contributed by atoms with Crippen molar-refractivity contribution in [2.24, 2.45) is 4.99 Å². The predicted molar refractivity (Wildman–Crippen MR) is 170 cm³/mol. The van der Waals surface area contributed by atoms with Gasteiger partial charge in [-0.2, -0.15) is 0 Å². The number of ether oxygens (including phenoxy) is 2. The maximum atomic E-state index is 14.1. The Morgan fingerprint density at radius 2 is 1.89 bits per heavy atom. The van der Waals surface area contributed by atoms with Crippen LogP contribution in [0.4, 0.5) is 5.69 Å². The van der Waals surface area contributed by atoms with Gasteiger partial charge in [0.15, 0.2) is 4.80 Å². The van der Waals surface area contributed by atoms with Gasteiger partial charge in [-0.05, 0) is 55.3 Å². The van der Waals surface area contributed by atoms with Crippen LogP contribution in [0, 0.1) is 17.0 Å². The summed E-state index contributed by atoms with van der Waals surface area (Å²) >= 11 is 1.18. The number of nitro benzene ring substituents is 1.